The first-order valence-corrected chi connectivity index (χ1v) is 9.57. The van der Waals surface area contributed by atoms with E-state index in [-0.39, 0.29) is 5.56 Å². The molecule has 4 nitrogen and oxygen atoms in total. The molecule has 0 aliphatic heterocycles. The number of aromatic nitrogens is 3. The van der Waals surface area contributed by atoms with Crippen molar-refractivity contribution in [2.75, 3.05) is 6.26 Å². The highest BCUT2D eigenvalue weighted by Crippen LogP contribution is 2.33. The molecule has 120 valence electrons. The van der Waals surface area contributed by atoms with Crippen molar-refractivity contribution in [2.45, 2.75) is 19.0 Å². The molecule has 0 amide bonds. The van der Waals surface area contributed by atoms with Crippen LogP contribution in [0.4, 0.5) is 0 Å². The van der Waals surface area contributed by atoms with Gasteiger partial charge in [0, 0.05) is 11.1 Å². The molecule has 0 spiro atoms. The molecular formula is C18H15N3OS2. The maximum Gasteiger partial charge on any atom is 0.276 e. The molecule has 24 heavy (non-hydrogen) atoms. The number of aryl methyl sites for hydroxylation is 2. The fraction of sp³-hybridized carbons (Fsp3) is 0.167. The van der Waals surface area contributed by atoms with E-state index in [1.54, 1.807) is 4.57 Å². The van der Waals surface area contributed by atoms with Crippen LogP contribution in [0.1, 0.15) is 11.3 Å². The predicted octanol–water partition coefficient (Wildman–Crippen LogP) is 4.33. The van der Waals surface area contributed by atoms with Gasteiger partial charge in [-0.2, -0.15) is 0 Å². The van der Waals surface area contributed by atoms with Crippen molar-refractivity contribution < 1.29 is 0 Å². The second-order valence-corrected chi connectivity index (χ2v) is 7.39. The minimum Gasteiger partial charge on any atom is -0.267 e. The largest absolute Gasteiger partial charge is 0.276 e. The predicted molar refractivity (Wildman–Crippen MR) is 102 cm³/mol. The Morgan fingerprint density at radius 3 is 2.58 bits per heavy atom. The monoisotopic (exact) mass is 353 g/mol. The number of hydrogen-bond donors (Lipinski definition) is 0. The number of fused-ring (bicyclic) bond motifs is 3. The summed E-state index contributed by atoms with van der Waals surface area (Å²) in [5.74, 6) is 0. The number of hydrogen-bond acceptors (Lipinski definition) is 5. The maximum absolute atomic E-state index is 13.2. The molecule has 3 aromatic heterocycles. The molecule has 0 atom stereocenters. The van der Waals surface area contributed by atoms with Crippen molar-refractivity contribution in [3.8, 4) is 5.69 Å². The summed E-state index contributed by atoms with van der Waals surface area (Å²) >= 11 is 2.90. The van der Waals surface area contributed by atoms with Crippen molar-refractivity contribution in [1.82, 2.24) is 14.5 Å². The second-order valence-electron chi connectivity index (χ2n) is 5.62. The summed E-state index contributed by atoms with van der Waals surface area (Å²) in [4.78, 5) is 23.4. The van der Waals surface area contributed by atoms with Gasteiger partial charge in [-0.3, -0.25) is 9.36 Å². The Kier molecular flexibility index (Phi) is 3.66. The quantitative estimate of drug-likeness (QED) is 0.397. The lowest BCUT2D eigenvalue weighted by atomic mass is 10.1. The van der Waals surface area contributed by atoms with Crippen LogP contribution in [0.25, 0.3) is 26.1 Å². The van der Waals surface area contributed by atoms with Crippen molar-refractivity contribution >= 4 is 43.5 Å². The lowest BCUT2D eigenvalue weighted by Gasteiger charge is -2.10. The number of thioether (sulfide) groups is 1. The summed E-state index contributed by atoms with van der Waals surface area (Å²) in [5.41, 5.74) is 3.64. The molecule has 1 aromatic carbocycles. The number of nitrogens with zero attached hydrogens (tertiary/aromatic N) is 3. The standard InChI is InChI=1S/C18H15N3OS2/c1-10-9-11(2)19-16-13(10)14-15(24-16)17(22)21(18(20-14)23-3)12-7-5-4-6-8-12/h4-9H,1-3H3. The average molecular weight is 353 g/mol. The Morgan fingerprint density at radius 1 is 1.12 bits per heavy atom. The normalized spacial score (nSPS) is 11.5. The molecule has 0 unspecified atom stereocenters. The first kappa shape index (κ1) is 15.4. The van der Waals surface area contributed by atoms with Crippen LogP contribution in [0.5, 0.6) is 0 Å². The SMILES string of the molecule is CSc1nc2c(sc3nc(C)cc(C)c32)c(=O)n1-c1ccccc1. The van der Waals surface area contributed by atoms with E-state index in [9.17, 15) is 4.79 Å². The average Bonchev–Trinajstić information content (AvgIpc) is 2.94. The van der Waals surface area contributed by atoms with Crippen LogP contribution in [0.2, 0.25) is 0 Å². The van der Waals surface area contributed by atoms with Crippen LogP contribution in [0, 0.1) is 13.8 Å². The topological polar surface area (TPSA) is 47.8 Å². The van der Waals surface area contributed by atoms with Gasteiger partial charge in [0.05, 0.1) is 11.2 Å². The van der Waals surface area contributed by atoms with Crippen LogP contribution in [0.3, 0.4) is 0 Å². The number of pyridine rings is 1. The molecule has 4 aromatic rings. The van der Waals surface area contributed by atoms with Gasteiger partial charge in [-0.25, -0.2) is 9.97 Å². The van der Waals surface area contributed by atoms with E-state index in [0.717, 1.165) is 32.7 Å². The zero-order chi connectivity index (χ0) is 16.8. The van der Waals surface area contributed by atoms with Crippen molar-refractivity contribution in [1.29, 1.82) is 0 Å². The van der Waals surface area contributed by atoms with Gasteiger partial charge in [0.15, 0.2) is 5.16 Å². The van der Waals surface area contributed by atoms with E-state index in [4.69, 9.17) is 4.98 Å². The molecule has 0 saturated heterocycles. The molecule has 0 fully saturated rings. The third kappa shape index (κ3) is 2.25. The Morgan fingerprint density at radius 2 is 1.88 bits per heavy atom. The fourth-order valence-corrected chi connectivity index (χ4v) is 4.67. The van der Waals surface area contributed by atoms with Crippen LogP contribution in [0.15, 0.2) is 46.3 Å². The molecule has 0 saturated carbocycles. The zero-order valence-corrected chi connectivity index (χ0v) is 15.2. The molecule has 0 N–H and O–H groups in total. The third-order valence-electron chi connectivity index (χ3n) is 3.96. The summed E-state index contributed by atoms with van der Waals surface area (Å²) in [7, 11) is 0. The highest BCUT2D eigenvalue weighted by atomic mass is 32.2. The Labute approximate surface area is 147 Å². The van der Waals surface area contributed by atoms with Gasteiger partial charge in [-0.15, -0.1) is 11.3 Å². The first-order valence-electron chi connectivity index (χ1n) is 7.53. The zero-order valence-electron chi connectivity index (χ0n) is 13.5. The third-order valence-corrected chi connectivity index (χ3v) is 5.66. The summed E-state index contributed by atoms with van der Waals surface area (Å²) in [6.45, 7) is 4.02. The maximum atomic E-state index is 13.2. The number of thiophene rings is 1. The summed E-state index contributed by atoms with van der Waals surface area (Å²) in [6.07, 6.45) is 1.94. The molecule has 6 heteroatoms. The lowest BCUT2D eigenvalue weighted by Crippen LogP contribution is -2.20. The van der Waals surface area contributed by atoms with Crippen LogP contribution in [-0.2, 0) is 0 Å². The van der Waals surface area contributed by atoms with E-state index in [1.807, 2.05) is 56.5 Å². The minimum absolute atomic E-state index is 0.0318. The van der Waals surface area contributed by atoms with E-state index >= 15 is 0 Å². The van der Waals surface area contributed by atoms with Gasteiger partial charge in [0.1, 0.15) is 9.53 Å². The van der Waals surface area contributed by atoms with Gasteiger partial charge in [-0.1, -0.05) is 30.0 Å². The van der Waals surface area contributed by atoms with E-state index in [0.29, 0.717) is 9.86 Å². The summed E-state index contributed by atoms with van der Waals surface area (Å²) in [5, 5.41) is 1.69. The molecule has 0 aliphatic rings. The van der Waals surface area contributed by atoms with Crippen molar-refractivity contribution in [3.63, 3.8) is 0 Å². The van der Waals surface area contributed by atoms with Gasteiger partial charge in [-0.05, 0) is 43.9 Å². The smallest absolute Gasteiger partial charge is 0.267 e. The lowest BCUT2D eigenvalue weighted by molar-refractivity contribution is 0.825. The van der Waals surface area contributed by atoms with Crippen molar-refractivity contribution in [2.24, 2.45) is 0 Å². The van der Waals surface area contributed by atoms with Gasteiger partial charge in [0.25, 0.3) is 5.56 Å². The fourth-order valence-electron chi connectivity index (χ4n) is 2.95. The Balaban J connectivity index is 2.17. The van der Waals surface area contributed by atoms with E-state index in [2.05, 4.69) is 4.98 Å². The van der Waals surface area contributed by atoms with E-state index in [1.165, 1.54) is 23.1 Å². The summed E-state index contributed by atoms with van der Waals surface area (Å²) in [6, 6.07) is 11.7. The second kappa shape index (κ2) is 5.72. The summed E-state index contributed by atoms with van der Waals surface area (Å²) < 4.78 is 2.35. The van der Waals surface area contributed by atoms with Gasteiger partial charge in [0.2, 0.25) is 0 Å². The van der Waals surface area contributed by atoms with Crippen molar-refractivity contribution in [3.05, 3.63) is 58.0 Å². The molecule has 4 rings (SSSR count). The highest BCUT2D eigenvalue weighted by molar-refractivity contribution is 7.98. The van der Waals surface area contributed by atoms with Crippen LogP contribution >= 0.6 is 23.1 Å². The number of rotatable bonds is 2. The molecule has 3 heterocycles. The van der Waals surface area contributed by atoms with E-state index < -0.39 is 0 Å². The first-order chi connectivity index (χ1) is 11.6. The Bertz CT molecular complexity index is 1130. The molecule has 0 aliphatic carbocycles. The molecular weight excluding hydrogens is 338 g/mol. The van der Waals surface area contributed by atoms with Crippen LogP contribution < -0.4 is 5.56 Å². The number of para-hydroxylation sites is 1. The number of benzene rings is 1. The Hall–Kier alpha value is -2.18. The highest BCUT2D eigenvalue weighted by Gasteiger charge is 2.18. The molecule has 0 radical (unpaired) electrons. The van der Waals surface area contributed by atoms with Gasteiger partial charge >= 0.3 is 0 Å². The molecule has 0 bridgehead atoms. The van der Waals surface area contributed by atoms with Crippen LogP contribution in [-0.4, -0.2) is 20.8 Å². The van der Waals surface area contributed by atoms with Gasteiger partial charge < -0.3 is 0 Å². The minimum atomic E-state index is -0.0318.